The molecule has 2 aliphatic rings. The number of imidazole rings is 1. The average Bonchev–Trinajstić information content (AvgIpc) is 3.26. The van der Waals surface area contributed by atoms with Crippen LogP contribution in [-0.2, 0) is 28.8 Å². The first-order chi connectivity index (χ1) is 17.0. The van der Waals surface area contributed by atoms with E-state index in [9.17, 15) is 14.7 Å². The molecule has 0 spiro atoms. The maximum Gasteiger partial charge on any atom is 0.414 e. The van der Waals surface area contributed by atoms with Crippen molar-refractivity contribution >= 4 is 28.8 Å². The molecule has 7 nitrogen and oxygen atoms in total. The van der Waals surface area contributed by atoms with Gasteiger partial charge in [0, 0.05) is 24.1 Å². The number of rotatable bonds is 5. The number of amides is 1. The molecule has 5 rings (SSSR count). The van der Waals surface area contributed by atoms with Gasteiger partial charge in [-0.2, -0.15) is 0 Å². The van der Waals surface area contributed by atoms with Crippen molar-refractivity contribution in [2.75, 3.05) is 12.0 Å². The number of ether oxygens (including phenoxy) is 1. The summed E-state index contributed by atoms with van der Waals surface area (Å²) in [5.41, 5.74) is 5.18. The maximum absolute atomic E-state index is 12.6. The topological polar surface area (TPSA) is 84.7 Å². The molecule has 3 atom stereocenters. The van der Waals surface area contributed by atoms with Gasteiger partial charge in [-0.15, -0.1) is 0 Å². The summed E-state index contributed by atoms with van der Waals surface area (Å²) in [4.78, 5) is 31.3. The van der Waals surface area contributed by atoms with Crippen LogP contribution in [0.4, 0.5) is 10.5 Å². The zero-order valence-electron chi connectivity index (χ0n) is 20.4. The monoisotopic (exact) mass is 475 g/mol. The fourth-order valence-electron chi connectivity index (χ4n) is 5.93. The number of carbonyl (C=O) groups is 2. The zero-order valence-corrected chi connectivity index (χ0v) is 20.4. The fraction of sp³-hybridized carbons (Fsp3) is 0.464. The number of carboxylic acids is 1. The smallest absolute Gasteiger partial charge is 0.414 e. The van der Waals surface area contributed by atoms with Crippen LogP contribution >= 0.6 is 0 Å². The summed E-state index contributed by atoms with van der Waals surface area (Å²) in [5, 5.41) is 9.70. The first kappa shape index (κ1) is 23.4. The van der Waals surface area contributed by atoms with Crippen molar-refractivity contribution in [3.8, 4) is 0 Å². The largest absolute Gasteiger partial charge is 0.481 e. The SMILES string of the molecule is COC(=O)N1c2ccc3c(nc(CCc4ccccc4)n3[C@@H]3CCC[C@@H](C(=O)O)C3)c2CC[C@@H]1C. The molecular formula is C28H33N3O4. The van der Waals surface area contributed by atoms with Gasteiger partial charge in [0.2, 0.25) is 0 Å². The van der Waals surface area contributed by atoms with Crippen molar-refractivity contribution in [3.05, 3.63) is 59.4 Å². The van der Waals surface area contributed by atoms with Crippen LogP contribution < -0.4 is 4.90 Å². The molecule has 184 valence electrons. The number of aromatic nitrogens is 2. The van der Waals surface area contributed by atoms with E-state index >= 15 is 0 Å². The molecule has 1 saturated carbocycles. The normalized spacial score (nSPS) is 22.1. The lowest BCUT2D eigenvalue weighted by Gasteiger charge is -2.34. The highest BCUT2D eigenvalue weighted by Crippen LogP contribution is 2.40. The molecule has 0 saturated heterocycles. The number of aryl methyl sites for hydroxylation is 3. The van der Waals surface area contributed by atoms with Crippen LogP contribution in [-0.4, -0.2) is 39.9 Å². The Morgan fingerprint density at radius 1 is 1.09 bits per heavy atom. The lowest BCUT2D eigenvalue weighted by atomic mass is 9.85. The molecule has 7 heteroatoms. The Kier molecular flexibility index (Phi) is 6.50. The highest BCUT2D eigenvalue weighted by atomic mass is 16.5. The highest BCUT2D eigenvalue weighted by Gasteiger charge is 2.34. The van der Waals surface area contributed by atoms with Crippen LogP contribution in [0.5, 0.6) is 0 Å². The molecule has 0 bridgehead atoms. The van der Waals surface area contributed by atoms with E-state index in [1.165, 1.54) is 12.7 Å². The molecule has 2 aromatic carbocycles. The summed E-state index contributed by atoms with van der Waals surface area (Å²) in [6, 6.07) is 14.6. The number of carboxylic acid groups (broad SMARTS) is 1. The molecule has 3 aromatic rings. The van der Waals surface area contributed by atoms with E-state index in [0.29, 0.717) is 6.42 Å². The lowest BCUT2D eigenvalue weighted by molar-refractivity contribution is -0.143. The average molecular weight is 476 g/mol. The van der Waals surface area contributed by atoms with Crippen molar-refractivity contribution in [1.29, 1.82) is 0 Å². The van der Waals surface area contributed by atoms with Gasteiger partial charge in [0.05, 0.1) is 29.7 Å². The summed E-state index contributed by atoms with van der Waals surface area (Å²) in [5.74, 6) is -0.0250. The third kappa shape index (κ3) is 4.40. The minimum absolute atomic E-state index is 0.0571. The summed E-state index contributed by atoms with van der Waals surface area (Å²) in [6.07, 6.45) is 6.20. The molecule has 1 fully saturated rings. The van der Waals surface area contributed by atoms with Crippen LogP contribution in [0.25, 0.3) is 11.0 Å². The second-order valence-corrected chi connectivity index (χ2v) is 9.90. The van der Waals surface area contributed by atoms with Gasteiger partial charge in [0.15, 0.2) is 0 Å². The first-order valence-corrected chi connectivity index (χ1v) is 12.6. The van der Waals surface area contributed by atoms with Gasteiger partial charge in [-0.25, -0.2) is 9.78 Å². The number of nitrogens with zero attached hydrogens (tertiary/aromatic N) is 3. The number of anilines is 1. The van der Waals surface area contributed by atoms with Crippen molar-refractivity contribution in [2.45, 2.75) is 70.4 Å². The minimum Gasteiger partial charge on any atom is -0.481 e. The van der Waals surface area contributed by atoms with Gasteiger partial charge in [-0.05, 0) is 63.1 Å². The van der Waals surface area contributed by atoms with Crippen molar-refractivity contribution in [1.82, 2.24) is 9.55 Å². The Balaban J connectivity index is 1.60. The van der Waals surface area contributed by atoms with E-state index in [0.717, 1.165) is 73.1 Å². The van der Waals surface area contributed by atoms with E-state index in [-0.39, 0.29) is 24.1 Å². The third-order valence-electron chi connectivity index (χ3n) is 7.74. The maximum atomic E-state index is 12.6. The van der Waals surface area contributed by atoms with Crippen LogP contribution in [0.15, 0.2) is 42.5 Å². The van der Waals surface area contributed by atoms with Gasteiger partial charge in [0.1, 0.15) is 5.82 Å². The third-order valence-corrected chi connectivity index (χ3v) is 7.74. The van der Waals surface area contributed by atoms with E-state index < -0.39 is 5.97 Å². The molecular weight excluding hydrogens is 442 g/mol. The predicted octanol–water partition coefficient (Wildman–Crippen LogP) is 5.54. The summed E-state index contributed by atoms with van der Waals surface area (Å²) in [7, 11) is 1.42. The Labute approximate surface area is 205 Å². The number of fused-ring (bicyclic) bond motifs is 3. The summed E-state index contributed by atoms with van der Waals surface area (Å²) >= 11 is 0. The van der Waals surface area contributed by atoms with Gasteiger partial charge in [-0.1, -0.05) is 36.8 Å². The molecule has 1 N–H and O–H groups in total. The van der Waals surface area contributed by atoms with Gasteiger partial charge < -0.3 is 14.4 Å². The second-order valence-electron chi connectivity index (χ2n) is 9.90. The van der Waals surface area contributed by atoms with Crippen molar-refractivity contribution in [2.24, 2.45) is 5.92 Å². The first-order valence-electron chi connectivity index (χ1n) is 12.6. The standard InChI is InChI=1S/C28H33N3O4/c1-18-11-13-22-23(30(18)28(34)35-2)14-15-24-26(22)29-25(16-12-19-7-4-3-5-8-19)31(24)21-10-6-9-20(17-21)27(32)33/h3-5,7-8,14-15,18,20-21H,6,9-13,16-17H2,1-2H3,(H,32,33)/t18-,20+,21+/m0/s1. The molecule has 1 aromatic heterocycles. The number of methoxy groups -OCH3 is 1. The lowest BCUT2D eigenvalue weighted by Crippen LogP contribution is -2.42. The Bertz CT molecular complexity index is 1240. The molecule has 1 aliphatic carbocycles. The molecule has 2 heterocycles. The number of hydrogen-bond donors (Lipinski definition) is 1. The van der Waals surface area contributed by atoms with E-state index in [1.807, 2.05) is 19.1 Å². The molecule has 1 amide bonds. The molecule has 35 heavy (non-hydrogen) atoms. The van der Waals surface area contributed by atoms with Crippen LogP contribution in [0.3, 0.4) is 0 Å². The Hall–Kier alpha value is -3.35. The number of hydrogen-bond acceptors (Lipinski definition) is 4. The molecule has 0 radical (unpaired) electrons. The number of carbonyl (C=O) groups excluding carboxylic acids is 1. The molecule has 0 unspecified atom stereocenters. The van der Waals surface area contributed by atoms with Crippen molar-refractivity contribution in [3.63, 3.8) is 0 Å². The van der Waals surface area contributed by atoms with Gasteiger partial charge in [0.25, 0.3) is 0 Å². The Morgan fingerprint density at radius 2 is 1.89 bits per heavy atom. The summed E-state index contributed by atoms with van der Waals surface area (Å²) in [6.45, 7) is 2.04. The van der Waals surface area contributed by atoms with Crippen molar-refractivity contribution < 1.29 is 19.4 Å². The zero-order chi connectivity index (χ0) is 24.5. The van der Waals surface area contributed by atoms with Gasteiger partial charge in [-0.3, -0.25) is 9.69 Å². The van der Waals surface area contributed by atoms with E-state index in [1.54, 1.807) is 4.90 Å². The van der Waals surface area contributed by atoms with Crippen LogP contribution in [0.1, 0.15) is 62.0 Å². The summed E-state index contributed by atoms with van der Waals surface area (Å²) < 4.78 is 7.39. The van der Waals surface area contributed by atoms with Gasteiger partial charge >= 0.3 is 12.1 Å². The predicted molar refractivity (Wildman–Crippen MR) is 135 cm³/mol. The second kappa shape index (κ2) is 9.72. The number of benzene rings is 2. The molecule has 1 aliphatic heterocycles. The van der Waals surface area contributed by atoms with Crippen LogP contribution in [0.2, 0.25) is 0 Å². The Morgan fingerprint density at radius 3 is 2.63 bits per heavy atom. The minimum atomic E-state index is -0.704. The number of aliphatic carboxylic acids is 1. The van der Waals surface area contributed by atoms with Crippen LogP contribution in [0, 0.1) is 5.92 Å². The fourth-order valence-corrected chi connectivity index (χ4v) is 5.93. The van der Waals surface area contributed by atoms with E-state index in [4.69, 9.17) is 9.72 Å². The quantitative estimate of drug-likeness (QED) is 0.523. The van der Waals surface area contributed by atoms with E-state index in [2.05, 4.69) is 34.9 Å². The highest BCUT2D eigenvalue weighted by molar-refractivity contribution is 5.95.